The lowest BCUT2D eigenvalue weighted by Gasteiger charge is -2.33. The number of carboxylic acid groups (broad SMARTS) is 1. The smallest absolute Gasteiger partial charge is 0.410 e. The molecule has 0 radical (unpaired) electrons. The first-order chi connectivity index (χ1) is 13.6. The molecule has 3 rings (SSSR count). The van der Waals surface area contributed by atoms with Gasteiger partial charge in [0.15, 0.2) is 0 Å². The SMILES string of the molecule is CC(C)(C)OC(=O)N1CCC(Cn2cc(-c3ccc(F)c(C(=O)O)c3)cn2)CC1. The van der Waals surface area contributed by atoms with Gasteiger partial charge in [0.05, 0.1) is 11.8 Å². The Labute approximate surface area is 169 Å². The molecule has 1 N–H and O–H groups in total. The van der Waals surface area contributed by atoms with E-state index in [9.17, 15) is 14.0 Å². The van der Waals surface area contributed by atoms with E-state index in [1.54, 1.807) is 17.2 Å². The van der Waals surface area contributed by atoms with Gasteiger partial charge in [-0.15, -0.1) is 0 Å². The van der Waals surface area contributed by atoms with Crippen molar-refractivity contribution in [1.82, 2.24) is 14.7 Å². The molecule has 1 aromatic carbocycles. The Morgan fingerprint density at radius 1 is 1.24 bits per heavy atom. The van der Waals surface area contributed by atoms with Gasteiger partial charge < -0.3 is 14.7 Å². The van der Waals surface area contributed by atoms with Crippen LogP contribution in [0.2, 0.25) is 0 Å². The number of likely N-dealkylation sites (tertiary alicyclic amines) is 1. The predicted octanol–water partition coefficient (Wildman–Crippen LogP) is 4.03. The van der Waals surface area contributed by atoms with Crippen LogP contribution in [0.5, 0.6) is 0 Å². The average Bonchev–Trinajstić information content (AvgIpc) is 3.09. The second-order valence-corrected chi connectivity index (χ2v) is 8.36. The lowest BCUT2D eigenvalue weighted by Crippen LogP contribution is -2.42. The maximum absolute atomic E-state index is 13.6. The first-order valence-corrected chi connectivity index (χ1v) is 9.66. The summed E-state index contributed by atoms with van der Waals surface area (Å²) in [6.45, 7) is 7.56. The van der Waals surface area contributed by atoms with E-state index in [4.69, 9.17) is 9.84 Å². The van der Waals surface area contributed by atoms with Crippen LogP contribution in [0.1, 0.15) is 44.0 Å². The number of halogens is 1. The van der Waals surface area contributed by atoms with Crippen LogP contribution in [0.3, 0.4) is 0 Å². The van der Waals surface area contributed by atoms with Crippen LogP contribution in [0.15, 0.2) is 30.6 Å². The number of benzene rings is 1. The zero-order chi connectivity index (χ0) is 21.2. The minimum atomic E-state index is -1.30. The molecule has 0 saturated carbocycles. The van der Waals surface area contributed by atoms with Gasteiger partial charge in [0.1, 0.15) is 11.4 Å². The molecule has 1 aromatic heterocycles. The molecule has 0 unspecified atom stereocenters. The van der Waals surface area contributed by atoms with Crippen molar-refractivity contribution in [2.45, 2.75) is 45.8 Å². The van der Waals surface area contributed by atoms with Crippen LogP contribution in [0.4, 0.5) is 9.18 Å². The summed E-state index contributed by atoms with van der Waals surface area (Å²) >= 11 is 0. The van der Waals surface area contributed by atoms with Gasteiger partial charge in [0, 0.05) is 31.4 Å². The molecule has 7 nitrogen and oxygen atoms in total. The van der Waals surface area contributed by atoms with Crippen LogP contribution >= 0.6 is 0 Å². The maximum atomic E-state index is 13.6. The number of hydrogen-bond acceptors (Lipinski definition) is 4. The minimum Gasteiger partial charge on any atom is -0.478 e. The third-order valence-electron chi connectivity index (χ3n) is 4.87. The molecular formula is C21H26FN3O4. The van der Waals surface area contributed by atoms with Crippen LogP contribution in [-0.4, -0.2) is 50.5 Å². The largest absolute Gasteiger partial charge is 0.478 e. The van der Waals surface area contributed by atoms with Gasteiger partial charge in [0.2, 0.25) is 0 Å². The Morgan fingerprint density at radius 3 is 2.55 bits per heavy atom. The highest BCUT2D eigenvalue weighted by Crippen LogP contribution is 2.24. The van der Waals surface area contributed by atoms with E-state index in [1.807, 2.05) is 31.6 Å². The lowest BCUT2D eigenvalue weighted by atomic mass is 9.97. The van der Waals surface area contributed by atoms with E-state index in [0.717, 1.165) is 24.5 Å². The molecule has 1 aliphatic rings. The van der Waals surface area contributed by atoms with Crippen molar-refractivity contribution in [3.63, 3.8) is 0 Å². The van der Waals surface area contributed by atoms with Crippen LogP contribution in [0, 0.1) is 11.7 Å². The molecule has 1 fully saturated rings. The quantitative estimate of drug-likeness (QED) is 0.833. The zero-order valence-corrected chi connectivity index (χ0v) is 16.9. The molecule has 1 aliphatic heterocycles. The highest BCUT2D eigenvalue weighted by molar-refractivity contribution is 5.89. The molecule has 0 spiro atoms. The van der Waals surface area contributed by atoms with Crippen molar-refractivity contribution in [3.8, 4) is 11.1 Å². The maximum Gasteiger partial charge on any atom is 0.410 e. The topological polar surface area (TPSA) is 84.7 Å². The van der Waals surface area contributed by atoms with Gasteiger partial charge in [-0.1, -0.05) is 6.07 Å². The molecule has 8 heteroatoms. The van der Waals surface area contributed by atoms with E-state index in [0.29, 0.717) is 31.1 Å². The van der Waals surface area contributed by atoms with Crippen molar-refractivity contribution in [3.05, 3.63) is 42.0 Å². The van der Waals surface area contributed by atoms with Crippen LogP contribution in [-0.2, 0) is 11.3 Å². The van der Waals surface area contributed by atoms with Crippen molar-refractivity contribution in [2.75, 3.05) is 13.1 Å². The fraction of sp³-hybridized carbons (Fsp3) is 0.476. The predicted molar refractivity (Wildman–Crippen MR) is 105 cm³/mol. The van der Waals surface area contributed by atoms with Gasteiger partial charge in [-0.05, 0) is 57.2 Å². The van der Waals surface area contributed by atoms with Crippen molar-refractivity contribution < 1.29 is 23.8 Å². The summed E-state index contributed by atoms with van der Waals surface area (Å²) in [5.41, 5.74) is 0.485. The number of rotatable bonds is 4. The summed E-state index contributed by atoms with van der Waals surface area (Å²) in [7, 11) is 0. The second-order valence-electron chi connectivity index (χ2n) is 8.36. The second kappa shape index (κ2) is 8.23. The summed E-state index contributed by atoms with van der Waals surface area (Å²) in [5, 5.41) is 13.4. The molecule has 0 aliphatic carbocycles. The zero-order valence-electron chi connectivity index (χ0n) is 16.9. The Hall–Kier alpha value is -2.90. The average molecular weight is 403 g/mol. The number of aromatic carboxylic acids is 1. The standard InChI is InChI=1S/C21H26FN3O4/c1-21(2,3)29-20(28)24-8-6-14(7-9-24)12-25-13-16(11-23-25)15-4-5-18(22)17(10-15)19(26)27/h4-5,10-11,13-14H,6-9,12H2,1-3H3,(H,26,27). The first-order valence-electron chi connectivity index (χ1n) is 9.66. The van der Waals surface area contributed by atoms with Gasteiger partial charge in [-0.25, -0.2) is 14.0 Å². The normalized spacial score (nSPS) is 15.4. The van der Waals surface area contributed by atoms with Crippen LogP contribution in [0.25, 0.3) is 11.1 Å². The molecule has 2 aromatic rings. The molecule has 2 heterocycles. The summed E-state index contributed by atoms with van der Waals surface area (Å²) in [6.07, 6.45) is 4.92. The number of amides is 1. The van der Waals surface area contributed by atoms with Gasteiger partial charge >= 0.3 is 12.1 Å². The van der Waals surface area contributed by atoms with E-state index in [1.165, 1.54) is 6.07 Å². The number of aromatic nitrogens is 2. The number of ether oxygens (including phenoxy) is 1. The highest BCUT2D eigenvalue weighted by Gasteiger charge is 2.27. The summed E-state index contributed by atoms with van der Waals surface area (Å²) < 4.78 is 20.8. The Balaban J connectivity index is 1.59. The number of nitrogens with zero attached hydrogens (tertiary/aromatic N) is 3. The monoisotopic (exact) mass is 403 g/mol. The highest BCUT2D eigenvalue weighted by atomic mass is 19.1. The molecule has 156 valence electrons. The first kappa shape index (κ1) is 20.8. The van der Waals surface area contributed by atoms with Gasteiger partial charge in [-0.2, -0.15) is 5.10 Å². The van der Waals surface area contributed by atoms with Crippen molar-refractivity contribution in [2.24, 2.45) is 5.92 Å². The number of hydrogen-bond donors (Lipinski definition) is 1. The molecule has 1 saturated heterocycles. The number of carbonyl (C=O) groups excluding carboxylic acids is 1. The van der Waals surface area contributed by atoms with E-state index in [-0.39, 0.29) is 11.7 Å². The van der Waals surface area contributed by atoms with Crippen LogP contribution < -0.4 is 0 Å². The molecule has 0 atom stereocenters. The lowest BCUT2D eigenvalue weighted by molar-refractivity contribution is 0.0177. The van der Waals surface area contributed by atoms with E-state index in [2.05, 4.69) is 5.10 Å². The Bertz CT molecular complexity index is 896. The summed E-state index contributed by atoms with van der Waals surface area (Å²) in [5.74, 6) is -1.68. The fourth-order valence-electron chi connectivity index (χ4n) is 3.37. The molecule has 29 heavy (non-hydrogen) atoms. The third-order valence-corrected chi connectivity index (χ3v) is 4.87. The number of carbonyl (C=O) groups is 2. The molecule has 0 bridgehead atoms. The van der Waals surface area contributed by atoms with Gasteiger partial charge in [0.25, 0.3) is 0 Å². The fourth-order valence-corrected chi connectivity index (χ4v) is 3.37. The number of piperidine rings is 1. The third kappa shape index (κ3) is 5.34. The summed E-state index contributed by atoms with van der Waals surface area (Å²) in [4.78, 5) is 25.0. The van der Waals surface area contributed by atoms with Crippen molar-refractivity contribution in [1.29, 1.82) is 0 Å². The minimum absolute atomic E-state index is 0.275. The van der Waals surface area contributed by atoms with E-state index < -0.39 is 17.4 Å². The van der Waals surface area contributed by atoms with Crippen molar-refractivity contribution >= 4 is 12.1 Å². The Kier molecular flexibility index (Phi) is 5.91. The van der Waals surface area contributed by atoms with E-state index >= 15 is 0 Å². The van der Waals surface area contributed by atoms with Gasteiger partial charge in [-0.3, -0.25) is 4.68 Å². The molecule has 1 amide bonds. The number of carboxylic acids is 1. The Morgan fingerprint density at radius 2 is 1.93 bits per heavy atom. The summed E-state index contributed by atoms with van der Waals surface area (Å²) in [6, 6.07) is 4.02. The molecular weight excluding hydrogens is 377 g/mol.